The quantitative estimate of drug-likeness (QED) is 0.474. The molecule has 0 aromatic heterocycles. The standard InChI is InChI=1S/C26H28Cl2FN4O4/c1-31-25(36)22(14-17-5-6-18(27)15-20(17)28)33-13-12-32(21(26(33)37)9-10-23(30)34)24(35)11-4-16-2-7-19(29)8-3-16/h2-3,5-8,11,15,21-22H,4,9-10,12-14H2,1H3,(H2,30,34)(H,31,36). The summed E-state index contributed by atoms with van der Waals surface area (Å²) < 4.78 is 13.2. The van der Waals surface area contributed by atoms with Gasteiger partial charge in [0.1, 0.15) is 17.9 Å². The van der Waals surface area contributed by atoms with Gasteiger partial charge in [0.15, 0.2) is 0 Å². The first-order valence-electron chi connectivity index (χ1n) is 11.7. The van der Waals surface area contributed by atoms with Crippen molar-refractivity contribution in [3.8, 4) is 0 Å². The molecule has 3 rings (SSSR count). The Morgan fingerprint density at radius 2 is 1.86 bits per heavy atom. The fraction of sp³-hybridized carbons (Fsp3) is 0.346. The van der Waals surface area contributed by atoms with Crippen molar-refractivity contribution in [1.29, 1.82) is 0 Å². The minimum absolute atomic E-state index is 0.0168. The lowest BCUT2D eigenvalue weighted by molar-refractivity contribution is -0.155. The van der Waals surface area contributed by atoms with Crippen molar-refractivity contribution >= 4 is 46.8 Å². The van der Waals surface area contributed by atoms with E-state index in [2.05, 4.69) is 5.32 Å². The number of piperazine rings is 1. The van der Waals surface area contributed by atoms with Gasteiger partial charge >= 0.3 is 0 Å². The second-order valence-corrected chi connectivity index (χ2v) is 9.53. The molecule has 2 unspecified atom stereocenters. The Labute approximate surface area is 224 Å². The van der Waals surface area contributed by atoms with E-state index >= 15 is 0 Å². The highest BCUT2D eigenvalue weighted by Crippen LogP contribution is 2.26. The fourth-order valence-corrected chi connectivity index (χ4v) is 4.77. The van der Waals surface area contributed by atoms with Gasteiger partial charge in [0.2, 0.25) is 23.6 Å². The van der Waals surface area contributed by atoms with Gasteiger partial charge in [-0.1, -0.05) is 41.4 Å². The Morgan fingerprint density at radius 1 is 1.16 bits per heavy atom. The van der Waals surface area contributed by atoms with Crippen LogP contribution in [-0.4, -0.2) is 65.6 Å². The number of rotatable bonds is 10. The molecular formula is C26H28Cl2FN4O4. The molecule has 0 spiro atoms. The Morgan fingerprint density at radius 3 is 2.49 bits per heavy atom. The Hall–Kier alpha value is -3.17. The van der Waals surface area contributed by atoms with Gasteiger partial charge in [-0.2, -0.15) is 0 Å². The number of nitrogens with zero attached hydrogens (tertiary/aromatic N) is 2. The van der Waals surface area contributed by atoms with Crippen molar-refractivity contribution in [3.05, 3.63) is 75.9 Å². The van der Waals surface area contributed by atoms with Gasteiger partial charge in [0.25, 0.3) is 0 Å². The molecule has 1 heterocycles. The van der Waals surface area contributed by atoms with Crippen molar-refractivity contribution in [2.45, 2.75) is 37.8 Å². The number of benzene rings is 2. The summed E-state index contributed by atoms with van der Waals surface area (Å²) in [5.74, 6) is -2.24. The molecule has 1 aliphatic rings. The molecule has 1 saturated heterocycles. The summed E-state index contributed by atoms with van der Waals surface area (Å²) in [5, 5.41) is 3.39. The number of primary amides is 1. The van der Waals surface area contributed by atoms with Crippen LogP contribution in [0.1, 0.15) is 24.0 Å². The lowest BCUT2D eigenvalue weighted by Crippen LogP contribution is -2.63. The lowest BCUT2D eigenvalue weighted by Gasteiger charge is -2.43. The molecule has 4 amide bonds. The van der Waals surface area contributed by atoms with E-state index in [1.165, 1.54) is 35.4 Å². The van der Waals surface area contributed by atoms with Crippen LogP contribution in [0.5, 0.6) is 0 Å². The predicted molar refractivity (Wildman–Crippen MR) is 138 cm³/mol. The third-order valence-electron chi connectivity index (χ3n) is 6.25. The van der Waals surface area contributed by atoms with E-state index < -0.39 is 35.7 Å². The van der Waals surface area contributed by atoms with Crippen LogP contribution in [0.15, 0.2) is 42.5 Å². The Bertz CT molecular complexity index is 1160. The van der Waals surface area contributed by atoms with E-state index in [9.17, 15) is 23.6 Å². The molecule has 0 saturated carbocycles. The van der Waals surface area contributed by atoms with Crippen LogP contribution in [0.4, 0.5) is 4.39 Å². The molecule has 2 atom stereocenters. The van der Waals surface area contributed by atoms with E-state index in [0.29, 0.717) is 15.6 Å². The first kappa shape index (κ1) is 28.4. The van der Waals surface area contributed by atoms with E-state index in [1.807, 2.05) is 0 Å². The number of hydrogen-bond donors (Lipinski definition) is 2. The van der Waals surface area contributed by atoms with Crippen LogP contribution >= 0.6 is 23.2 Å². The maximum atomic E-state index is 13.6. The van der Waals surface area contributed by atoms with Gasteiger partial charge in [0, 0.05) is 43.0 Å². The molecule has 197 valence electrons. The summed E-state index contributed by atoms with van der Waals surface area (Å²) >= 11 is 12.3. The van der Waals surface area contributed by atoms with Crippen molar-refractivity contribution in [3.63, 3.8) is 0 Å². The number of amides is 4. The summed E-state index contributed by atoms with van der Waals surface area (Å²) in [4.78, 5) is 53.9. The average molecular weight is 550 g/mol. The van der Waals surface area contributed by atoms with Crippen molar-refractivity contribution < 1.29 is 23.6 Å². The molecule has 2 aromatic carbocycles. The molecule has 2 aromatic rings. The van der Waals surface area contributed by atoms with Crippen LogP contribution in [0.25, 0.3) is 0 Å². The van der Waals surface area contributed by atoms with Gasteiger partial charge in [-0.25, -0.2) is 4.39 Å². The highest BCUT2D eigenvalue weighted by Gasteiger charge is 2.41. The van der Waals surface area contributed by atoms with Crippen LogP contribution in [-0.2, 0) is 32.0 Å². The molecule has 1 fully saturated rings. The summed E-state index contributed by atoms with van der Waals surface area (Å²) in [6.45, 7) is 0.251. The second kappa shape index (κ2) is 12.9. The SMILES string of the molecule is CNC(=O)C(Cc1ccc(Cl)cc1Cl)N1CCN(C(=O)[CH]Cc2ccc(F)cc2)C(CCC(N)=O)C1=O. The number of carbonyl (C=O) groups is 4. The highest BCUT2D eigenvalue weighted by molar-refractivity contribution is 6.35. The molecule has 3 N–H and O–H groups in total. The zero-order valence-electron chi connectivity index (χ0n) is 20.3. The van der Waals surface area contributed by atoms with Crippen molar-refractivity contribution in [1.82, 2.24) is 15.1 Å². The minimum atomic E-state index is -0.980. The van der Waals surface area contributed by atoms with Gasteiger partial charge in [-0.15, -0.1) is 0 Å². The fourth-order valence-electron chi connectivity index (χ4n) is 4.29. The van der Waals surface area contributed by atoms with Crippen LogP contribution in [0.2, 0.25) is 10.0 Å². The maximum absolute atomic E-state index is 13.6. The third kappa shape index (κ3) is 7.42. The molecule has 8 nitrogen and oxygen atoms in total. The first-order chi connectivity index (χ1) is 17.6. The largest absolute Gasteiger partial charge is 0.370 e. The molecule has 0 bridgehead atoms. The summed E-state index contributed by atoms with van der Waals surface area (Å²) in [6, 6.07) is 8.78. The van der Waals surface area contributed by atoms with Crippen LogP contribution < -0.4 is 11.1 Å². The summed E-state index contributed by atoms with van der Waals surface area (Å²) in [6.07, 6.45) is 1.69. The lowest BCUT2D eigenvalue weighted by atomic mass is 9.98. The van der Waals surface area contributed by atoms with Gasteiger partial charge in [-0.3, -0.25) is 19.2 Å². The van der Waals surface area contributed by atoms with Crippen LogP contribution in [0.3, 0.4) is 0 Å². The van der Waals surface area contributed by atoms with Gasteiger partial charge in [-0.05, 0) is 48.2 Å². The summed E-state index contributed by atoms with van der Waals surface area (Å²) in [7, 11) is 1.47. The highest BCUT2D eigenvalue weighted by atomic mass is 35.5. The topological polar surface area (TPSA) is 113 Å². The molecule has 1 radical (unpaired) electrons. The Balaban J connectivity index is 1.81. The Kier molecular flexibility index (Phi) is 9.88. The predicted octanol–water partition coefficient (Wildman–Crippen LogP) is 2.54. The number of halogens is 3. The normalized spacial score (nSPS) is 16.4. The number of carbonyl (C=O) groups excluding carboxylic acids is 4. The van der Waals surface area contributed by atoms with E-state index in [1.54, 1.807) is 30.3 Å². The summed E-state index contributed by atoms with van der Waals surface area (Å²) in [5.41, 5.74) is 6.68. The van der Waals surface area contributed by atoms with E-state index in [-0.39, 0.29) is 44.6 Å². The monoisotopic (exact) mass is 549 g/mol. The van der Waals surface area contributed by atoms with Crippen LogP contribution in [0, 0.1) is 12.2 Å². The zero-order chi connectivity index (χ0) is 27.1. The van der Waals surface area contributed by atoms with Crippen molar-refractivity contribution in [2.24, 2.45) is 5.73 Å². The molecule has 0 aliphatic carbocycles. The molecule has 37 heavy (non-hydrogen) atoms. The molecular weight excluding hydrogens is 522 g/mol. The molecule has 11 heteroatoms. The zero-order valence-corrected chi connectivity index (χ0v) is 21.8. The number of nitrogens with one attached hydrogen (secondary N) is 1. The number of nitrogens with two attached hydrogens (primary N) is 1. The minimum Gasteiger partial charge on any atom is -0.370 e. The number of hydrogen-bond acceptors (Lipinski definition) is 4. The third-order valence-corrected chi connectivity index (χ3v) is 6.84. The first-order valence-corrected chi connectivity index (χ1v) is 12.5. The van der Waals surface area contributed by atoms with E-state index in [4.69, 9.17) is 28.9 Å². The van der Waals surface area contributed by atoms with Gasteiger partial charge in [0.05, 0.1) is 6.42 Å². The van der Waals surface area contributed by atoms with E-state index in [0.717, 1.165) is 5.56 Å². The second-order valence-electron chi connectivity index (χ2n) is 8.69. The number of likely N-dealkylation sites (N-methyl/N-ethyl adjacent to an activating group) is 1. The average Bonchev–Trinajstić information content (AvgIpc) is 2.86. The van der Waals surface area contributed by atoms with Crippen molar-refractivity contribution in [2.75, 3.05) is 20.1 Å². The maximum Gasteiger partial charge on any atom is 0.246 e. The van der Waals surface area contributed by atoms with Gasteiger partial charge < -0.3 is 20.9 Å². The smallest absolute Gasteiger partial charge is 0.246 e. The molecule has 1 aliphatic heterocycles.